The molecule has 0 aromatic heterocycles. The number of hydrogen-bond donors (Lipinski definition) is 2. The largest absolute Gasteiger partial charge is 0.337 e. The van der Waals surface area contributed by atoms with Crippen LogP contribution < -0.4 is 10.6 Å². The Kier molecular flexibility index (Phi) is 6.64. The van der Waals surface area contributed by atoms with Gasteiger partial charge in [-0.05, 0) is 11.1 Å². The molecule has 0 aliphatic rings. The molecule has 0 aliphatic carbocycles. The highest BCUT2D eigenvalue weighted by atomic mass is 32.2. The van der Waals surface area contributed by atoms with E-state index in [0.29, 0.717) is 24.6 Å². The van der Waals surface area contributed by atoms with Crippen molar-refractivity contribution in [3.8, 4) is 0 Å². The summed E-state index contributed by atoms with van der Waals surface area (Å²) in [5.41, 5.74) is 2.10. The van der Waals surface area contributed by atoms with E-state index in [4.69, 9.17) is 0 Å². The lowest BCUT2D eigenvalue weighted by Crippen LogP contribution is -2.37. The van der Waals surface area contributed by atoms with Crippen LogP contribution in [0, 0.1) is 0 Å². The molecule has 0 saturated carbocycles. The lowest BCUT2D eigenvalue weighted by molar-refractivity contribution is 0.241. The molecule has 2 aromatic rings. The Morgan fingerprint density at radius 1 is 0.864 bits per heavy atom. The zero-order chi connectivity index (χ0) is 15.6. The van der Waals surface area contributed by atoms with Crippen molar-refractivity contribution in [3.63, 3.8) is 0 Å². The molecule has 22 heavy (non-hydrogen) atoms. The standard InChI is InChI=1S/C17H20N2O2S/c20-17(19-13-15-7-3-1-4-8-15)18-11-12-22(21)14-16-9-5-2-6-10-16/h1-10H,11-14H2,(H2,18,19,20). The molecule has 4 nitrogen and oxygen atoms in total. The molecule has 0 saturated heterocycles. The molecule has 2 amide bonds. The fourth-order valence-electron chi connectivity index (χ4n) is 1.95. The first-order valence-electron chi connectivity index (χ1n) is 7.18. The first kappa shape index (κ1) is 16.2. The van der Waals surface area contributed by atoms with Gasteiger partial charge in [0.05, 0.1) is 0 Å². The maximum atomic E-state index is 11.9. The van der Waals surface area contributed by atoms with Crippen molar-refractivity contribution in [2.45, 2.75) is 12.3 Å². The molecule has 0 aliphatic heterocycles. The Morgan fingerprint density at radius 2 is 1.45 bits per heavy atom. The van der Waals surface area contributed by atoms with Gasteiger partial charge in [0.15, 0.2) is 0 Å². The SMILES string of the molecule is O=C(NCCS(=O)Cc1ccccc1)NCc1ccccc1. The van der Waals surface area contributed by atoms with Crippen LogP contribution in [0.15, 0.2) is 60.7 Å². The van der Waals surface area contributed by atoms with Gasteiger partial charge in [-0.3, -0.25) is 4.21 Å². The van der Waals surface area contributed by atoms with Gasteiger partial charge in [0.25, 0.3) is 0 Å². The molecular formula is C17H20N2O2S. The number of hydrogen-bond acceptors (Lipinski definition) is 2. The maximum Gasteiger partial charge on any atom is 0.315 e. The number of amides is 2. The normalized spacial score (nSPS) is 11.6. The molecule has 1 unspecified atom stereocenters. The van der Waals surface area contributed by atoms with E-state index < -0.39 is 10.8 Å². The first-order chi connectivity index (χ1) is 10.7. The van der Waals surface area contributed by atoms with Gasteiger partial charge in [-0.15, -0.1) is 0 Å². The zero-order valence-corrected chi connectivity index (χ0v) is 13.1. The van der Waals surface area contributed by atoms with Gasteiger partial charge in [-0.2, -0.15) is 0 Å². The second kappa shape index (κ2) is 9.00. The monoisotopic (exact) mass is 316 g/mol. The van der Waals surface area contributed by atoms with Crippen LogP contribution in [-0.2, 0) is 23.1 Å². The molecule has 0 bridgehead atoms. The van der Waals surface area contributed by atoms with E-state index in [1.54, 1.807) is 0 Å². The van der Waals surface area contributed by atoms with Crippen LogP contribution in [-0.4, -0.2) is 22.5 Å². The second-order valence-corrected chi connectivity index (χ2v) is 6.45. The highest BCUT2D eigenvalue weighted by Crippen LogP contribution is 2.02. The molecule has 116 valence electrons. The number of urea groups is 1. The van der Waals surface area contributed by atoms with Gasteiger partial charge < -0.3 is 10.6 Å². The quantitative estimate of drug-likeness (QED) is 0.824. The summed E-state index contributed by atoms with van der Waals surface area (Å²) in [5, 5.41) is 5.50. The van der Waals surface area contributed by atoms with E-state index in [-0.39, 0.29) is 6.03 Å². The van der Waals surface area contributed by atoms with Crippen LogP contribution in [0.4, 0.5) is 4.79 Å². The van der Waals surface area contributed by atoms with E-state index >= 15 is 0 Å². The minimum absolute atomic E-state index is 0.236. The first-order valence-corrected chi connectivity index (χ1v) is 8.67. The number of benzene rings is 2. The number of nitrogens with one attached hydrogen (secondary N) is 2. The average molecular weight is 316 g/mol. The van der Waals surface area contributed by atoms with Gasteiger partial charge in [0.2, 0.25) is 0 Å². The maximum absolute atomic E-state index is 11.9. The van der Waals surface area contributed by atoms with Gasteiger partial charge in [-0.1, -0.05) is 60.7 Å². The van der Waals surface area contributed by atoms with Crippen molar-refractivity contribution in [2.24, 2.45) is 0 Å². The van der Waals surface area contributed by atoms with Gasteiger partial charge >= 0.3 is 6.03 Å². The summed E-state index contributed by atoms with van der Waals surface area (Å²) in [6.07, 6.45) is 0. The van der Waals surface area contributed by atoms with Crippen molar-refractivity contribution in [3.05, 3.63) is 71.8 Å². The third kappa shape index (κ3) is 6.10. The lowest BCUT2D eigenvalue weighted by atomic mass is 10.2. The van der Waals surface area contributed by atoms with E-state index in [1.807, 2.05) is 60.7 Å². The minimum atomic E-state index is -0.970. The van der Waals surface area contributed by atoms with Crippen LogP contribution >= 0.6 is 0 Å². The van der Waals surface area contributed by atoms with Gasteiger partial charge in [-0.25, -0.2) is 4.79 Å². The van der Waals surface area contributed by atoms with Crippen molar-refractivity contribution in [1.82, 2.24) is 10.6 Å². The molecule has 0 spiro atoms. The van der Waals surface area contributed by atoms with Gasteiger partial charge in [0, 0.05) is 35.4 Å². The number of carbonyl (C=O) groups is 1. The van der Waals surface area contributed by atoms with E-state index in [9.17, 15) is 9.00 Å². The zero-order valence-electron chi connectivity index (χ0n) is 12.3. The number of rotatable bonds is 7. The Balaban J connectivity index is 1.61. The summed E-state index contributed by atoms with van der Waals surface area (Å²) in [5.74, 6) is 0.974. The summed E-state index contributed by atoms with van der Waals surface area (Å²) < 4.78 is 11.9. The molecule has 0 heterocycles. The second-order valence-electron chi connectivity index (χ2n) is 4.87. The van der Waals surface area contributed by atoms with E-state index in [2.05, 4.69) is 10.6 Å². The Morgan fingerprint density at radius 3 is 2.09 bits per heavy atom. The lowest BCUT2D eigenvalue weighted by Gasteiger charge is -2.08. The molecule has 0 radical (unpaired) electrons. The Hall–Kier alpha value is -2.14. The Labute approximate surface area is 133 Å². The Bertz CT molecular complexity index is 603. The fourth-order valence-corrected chi connectivity index (χ4v) is 2.99. The summed E-state index contributed by atoms with van der Waals surface area (Å²) in [6, 6.07) is 19.2. The third-order valence-electron chi connectivity index (χ3n) is 3.08. The van der Waals surface area contributed by atoms with Crippen molar-refractivity contribution in [2.75, 3.05) is 12.3 Å². The highest BCUT2D eigenvalue weighted by Gasteiger charge is 2.04. The average Bonchev–Trinajstić information content (AvgIpc) is 2.55. The molecule has 5 heteroatoms. The molecule has 1 atom stereocenters. The van der Waals surface area contributed by atoms with Crippen LogP contribution in [0.25, 0.3) is 0 Å². The predicted octanol–water partition coefficient (Wildman–Crippen LogP) is 2.43. The van der Waals surface area contributed by atoms with Crippen LogP contribution in [0.5, 0.6) is 0 Å². The summed E-state index contributed by atoms with van der Waals surface area (Å²) >= 11 is 0. The highest BCUT2D eigenvalue weighted by molar-refractivity contribution is 7.84. The summed E-state index contributed by atoms with van der Waals surface area (Å²) in [6.45, 7) is 0.889. The molecular weight excluding hydrogens is 296 g/mol. The molecule has 2 aromatic carbocycles. The van der Waals surface area contributed by atoms with Crippen molar-refractivity contribution in [1.29, 1.82) is 0 Å². The van der Waals surface area contributed by atoms with Crippen LogP contribution in [0.1, 0.15) is 11.1 Å². The van der Waals surface area contributed by atoms with Crippen LogP contribution in [0.2, 0.25) is 0 Å². The van der Waals surface area contributed by atoms with E-state index in [1.165, 1.54) is 0 Å². The predicted molar refractivity (Wildman–Crippen MR) is 89.8 cm³/mol. The van der Waals surface area contributed by atoms with Crippen molar-refractivity contribution >= 4 is 16.8 Å². The third-order valence-corrected chi connectivity index (χ3v) is 4.40. The number of carbonyl (C=O) groups excluding carboxylic acids is 1. The van der Waals surface area contributed by atoms with Crippen molar-refractivity contribution < 1.29 is 9.00 Å². The van der Waals surface area contributed by atoms with E-state index in [0.717, 1.165) is 11.1 Å². The smallest absolute Gasteiger partial charge is 0.315 e. The minimum Gasteiger partial charge on any atom is -0.337 e. The summed E-state index contributed by atoms with van der Waals surface area (Å²) in [7, 11) is -0.970. The molecule has 2 N–H and O–H groups in total. The molecule has 2 rings (SSSR count). The topological polar surface area (TPSA) is 58.2 Å². The fraction of sp³-hybridized carbons (Fsp3) is 0.235. The van der Waals surface area contributed by atoms with Gasteiger partial charge in [0.1, 0.15) is 0 Å². The molecule has 0 fully saturated rings. The summed E-state index contributed by atoms with van der Waals surface area (Å²) in [4.78, 5) is 11.6. The van der Waals surface area contributed by atoms with Crippen LogP contribution in [0.3, 0.4) is 0 Å².